The molecule has 0 bridgehead atoms. The molecule has 1 N–H and O–H groups in total. The Balaban J connectivity index is 1.31. The van der Waals surface area contributed by atoms with Gasteiger partial charge >= 0.3 is 0 Å². The first-order valence-electron chi connectivity index (χ1n) is 8.64. The Kier molecular flexibility index (Phi) is 6.87. The Hall–Kier alpha value is -1.40. The predicted octanol–water partition coefficient (Wildman–Crippen LogP) is 3.26. The SMILES string of the molecule is OC(COCCOc1ccc(Br)cc1)CN1CCc2ccccc2C1. The van der Waals surface area contributed by atoms with Crippen LogP contribution >= 0.6 is 15.9 Å². The third-order valence-corrected chi connectivity index (χ3v) is 4.83. The molecule has 0 saturated heterocycles. The van der Waals surface area contributed by atoms with Crippen LogP contribution in [0.5, 0.6) is 5.75 Å². The molecular weight excluding hydrogens is 382 g/mol. The summed E-state index contributed by atoms with van der Waals surface area (Å²) in [4.78, 5) is 2.29. The minimum atomic E-state index is -0.474. The molecule has 1 aliphatic heterocycles. The monoisotopic (exact) mass is 405 g/mol. The fraction of sp³-hybridized carbons (Fsp3) is 0.400. The number of fused-ring (bicyclic) bond motifs is 1. The average molecular weight is 406 g/mol. The van der Waals surface area contributed by atoms with Crippen LogP contribution in [0.15, 0.2) is 53.0 Å². The Morgan fingerprint density at radius 2 is 1.80 bits per heavy atom. The Labute approximate surface area is 157 Å². The summed E-state index contributed by atoms with van der Waals surface area (Å²) in [6, 6.07) is 16.2. The summed E-state index contributed by atoms with van der Waals surface area (Å²) in [7, 11) is 0. The highest BCUT2D eigenvalue weighted by atomic mass is 79.9. The molecule has 0 amide bonds. The van der Waals surface area contributed by atoms with E-state index in [4.69, 9.17) is 9.47 Å². The number of halogens is 1. The van der Waals surface area contributed by atoms with E-state index in [0.29, 0.717) is 26.4 Å². The van der Waals surface area contributed by atoms with Gasteiger partial charge in [-0.3, -0.25) is 4.90 Å². The van der Waals surface area contributed by atoms with Crippen molar-refractivity contribution in [3.8, 4) is 5.75 Å². The van der Waals surface area contributed by atoms with Gasteiger partial charge in [-0.2, -0.15) is 0 Å². The van der Waals surface area contributed by atoms with Crippen LogP contribution < -0.4 is 4.74 Å². The lowest BCUT2D eigenvalue weighted by molar-refractivity contribution is 0.00589. The second kappa shape index (κ2) is 9.34. The fourth-order valence-corrected chi connectivity index (χ4v) is 3.29. The van der Waals surface area contributed by atoms with Crippen molar-refractivity contribution in [1.29, 1.82) is 0 Å². The van der Waals surface area contributed by atoms with Crippen LogP contribution in [0, 0.1) is 0 Å². The first-order chi connectivity index (χ1) is 12.2. The summed E-state index contributed by atoms with van der Waals surface area (Å²) in [5.41, 5.74) is 2.79. The van der Waals surface area contributed by atoms with E-state index in [1.165, 1.54) is 11.1 Å². The summed E-state index contributed by atoms with van der Waals surface area (Å²) >= 11 is 3.39. The van der Waals surface area contributed by atoms with Crippen LogP contribution in [-0.2, 0) is 17.7 Å². The van der Waals surface area contributed by atoms with Gasteiger partial charge in [0.15, 0.2) is 0 Å². The molecule has 1 aliphatic rings. The molecule has 0 radical (unpaired) electrons. The van der Waals surface area contributed by atoms with Crippen molar-refractivity contribution in [2.24, 2.45) is 0 Å². The highest BCUT2D eigenvalue weighted by Gasteiger charge is 2.18. The Morgan fingerprint density at radius 1 is 1.04 bits per heavy atom. The van der Waals surface area contributed by atoms with E-state index in [-0.39, 0.29) is 0 Å². The highest BCUT2D eigenvalue weighted by molar-refractivity contribution is 9.10. The van der Waals surface area contributed by atoms with Crippen LogP contribution in [0.2, 0.25) is 0 Å². The zero-order valence-corrected chi connectivity index (χ0v) is 15.8. The average Bonchev–Trinajstić information content (AvgIpc) is 2.63. The van der Waals surface area contributed by atoms with Gasteiger partial charge in [-0.25, -0.2) is 0 Å². The maximum Gasteiger partial charge on any atom is 0.119 e. The van der Waals surface area contributed by atoms with Crippen LogP contribution in [0.25, 0.3) is 0 Å². The van der Waals surface area contributed by atoms with Gasteiger partial charge in [0.2, 0.25) is 0 Å². The molecule has 0 aliphatic carbocycles. The van der Waals surface area contributed by atoms with Crippen molar-refractivity contribution in [1.82, 2.24) is 4.90 Å². The number of aliphatic hydroxyl groups excluding tert-OH is 1. The van der Waals surface area contributed by atoms with Gasteiger partial charge in [0.1, 0.15) is 12.4 Å². The number of nitrogens with zero attached hydrogens (tertiary/aromatic N) is 1. The third-order valence-electron chi connectivity index (χ3n) is 4.30. The number of ether oxygens (including phenoxy) is 2. The molecular formula is C20H24BrNO3. The second-order valence-electron chi connectivity index (χ2n) is 6.28. The minimum absolute atomic E-state index is 0.335. The zero-order chi connectivity index (χ0) is 17.5. The van der Waals surface area contributed by atoms with Crippen molar-refractivity contribution < 1.29 is 14.6 Å². The fourth-order valence-electron chi connectivity index (χ4n) is 3.03. The first-order valence-corrected chi connectivity index (χ1v) is 9.43. The molecule has 2 aromatic carbocycles. The lowest BCUT2D eigenvalue weighted by Gasteiger charge is -2.30. The van der Waals surface area contributed by atoms with E-state index in [9.17, 15) is 5.11 Å². The number of hydrogen-bond donors (Lipinski definition) is 1. The second-order valence-corrected chi connectivity index (χ2v) is 7.20. The third kappa shape index (κ3) is 5.82. The van der Waals surface area contributed by atoms with Crippen molar-refractivity contribution in [2.75, 3.05) is 32.9 Å². The number of aliphatic hydroxyl groups is 1. The topological polar surface area (TPSA) is 41.9 Å². The molecule has 0 aromatic heterocycles. The van der Waals surface area contributed by atoms with Gasteiger partial charge in [0.25, 0.3) is 0 Å². The smallest absolute Gasteiger partial charge is 0.119 e. The van der Waals surface area contributed by atoms with Crippen molar-refractivity contribution in [3.05, 3.63) is 64.1 Å². The summed E-state index contributed by atoms with van der Waals surface area (Å²) in [6.45, 7) is 3.81. The van der Waals surface area contributed by atoms with Crippen LogP contribution in [0.3, 0.4) is 0 Å². The molecule has 2 aromatic rings. The van der Waals surface area contributed by atoms with Crippen LogP contribution in [0.4, 0.5) is 0 Å². The lowest BCUT2D eigenvalue weighted by Crippen LogP contribution is -2.38. The number of rotatable bonds is 8. The van der Waals surface area contributed by atoms with Gasteiger partial charge in [0.05, 0.1) is 19.3 Å². The van der Waals surface area contributed by atoms with Gasteiger partial charge in [-0.05, 0) is 41.8 Å². The van der Waals surface area contributed by atoms with Crippen LogP contribution in [-0.4, -0.2) is 49.0 Å². The van der Waals surface area contributed by atoms with Gasteiger partial charge in [0, 0.05) is 24.1 Å². The minimum Gasteiger partial charge on any atom is -0.491 e. The van der Waals surface area contributed by atoms with Crippen molar-refractivity contribution in [2.45, 2.75) is 19.1 Å². The number of benzene rings is 2. The number of β-amino-alcohol motifs (C(OH)–C–C–N with tert-alkyl or cyclic N) is 1. The Bertz CT molecular complexity index is 662. The lowest BCUT2D eigenvalue weighted by atomic mass is 10.00. The zero-order valence-electron chi connectivity index (χ0n) is 14.2. The normalized spacial score (nSPS) is 15.6. The summed E-state index contributed by atoms with van der Waals surface area (Å²) in [5.74, 6) is 0.819. The van der Waals surface area contributed by atoms with E-state index in [1.54, 1.807) is 0 Å². The van der Waals surface area contributed by atoms with Gasteiger partial charge in [-0.1, -0.05) is 40.2 Å². The van der Waals surface area contributed by atoms with E-state index >= 15 is 0 Å². The summed E-state index contributed by atoms with van der Waals surface area (Å²) in [6.07, 6.45) is 0.572. The molecule has 1 atom stereocenters. The van der Waals surface area contributed by atoms with Crippen LogP contribution in [0.1, 0.15) is 11.1 Å². The maximum atomic E-state index is 10.2. The summed E-state index contributed by atoms with van der Waals surface area (Å²) in [5, 5.41) is 10.2. The predicted molar refractivity (Wildman–Crippen MR) is 102 cm³/mol. The van der Waals surface area contributed by atoms with Gasteiger partial charge in [-0.15, -0.1) is 0 Å². The maximum absolute atomic E-state index is 10.2. The van der Waals surface area contributed by atoms with E-state index in [2.05, 4.69) is 45.1 Å². The standard InChI is InChI=1S/C20H24BrNO3/c21-18-5-7-20(8-6-18)25-12-11-24-15-19(23)14-22-10-9-16-3-1-2-4-17(16)13-22/h1-8,19,23H,9-15H2. The number of hydrogen-bond acceptors (Lipinski definition) is 4. The van der Waals surface area contributed by atoms with E-state index in [1.807, 2.05) is 24.3 Å². The molecule has 1 heterocycles. The van der Waals surface area contributed by atoms with Crippen molar-refractivity contribution in [3.63, 3.8) is 0 Å². The molecule has 0 spiro atoms. The largest absolute Gasteiger partial charge is 0.491 e. The summed E-state index contributed by atoms with van der Waals surface area (Å²) < 4.78 is 12.2. The Morgan fingerprint density at radius 3 is 2.60 bits per heavy atom. The molecule has 0 saturated carbocycles. The molecule has 1 unspecified atom stereocenters. The molecule has 134 valence electrons. The quantitative estimate of drug-likeness (QED) is 0.684. The van der Waals surface area contributed by atoms with E-state index < -0.39 is 6.10 Å². The molecule has 4 nitrogen and oxygen atoms in total. The van der Waals surface area contributed by atoms with Gasteiger partial charge < -0.3 is 14.6 Å². The van der Waals surface area contributed by atoms with Crippen molar-refractivity contribution >= 4 is 15.9 Å². The molecule has 5 heteroatoms. The molecule has 25 heavy (non-hydrogen) atoms. The molecule has 0 fully saturated rings. The first kappa shape index (κ1) is 18.4. The highest BCUT2D eigenvalue weighted by Crippen LogP contribution is 2.18. The molecule has 3 rings (SSSR count). The van der Waals surface area contributed by atoms with E-state index in [0.717, 1.165) is 29.7 Å².